The quantitative estimate of drug-likeness (QED) is 0.156. The van der Waals surface area contributed by atoms with Gasteiger partial charge in [-0.1, -0.05) is 122 Å². The van der Waals surface area contributed by atoms with E-state index >= 15 is 0 Å². The maximum absolute atomic E-state index is 3.50. The van der Waals surface area contributed by atoms with Gasteiger partial charge in [-0.15, -0.1) is 39.7 Å². The first-order valence-electron chi connectivity index (χ1n) is 17.0. The number of hydrogen-bond acceptors (Lipinski definition) is 0. The third kappa shape index (κ3) is 9.75. The van der Waals surface area contributed by atoms with Crippen LogP contribution in [0.25, 0.3) is 21.5 Å². The van der Waals surface area contributed by atoms with E-state index in [0.717, 1.165) is 0 Å². The zero-order valence-corrected chi connectivity index (χ0v) is 31.8. The second-order valence-electron chi connectivity index (χ2n) is 14.5. The van der Waals surface area contributed by atoms with Gasteiger partial charge in [-0.2, -0.15) is 6.08 Å². The fourth-order valence-corrected chi connectivity index (χ4v) is 6.62. The molecule has 0 N–H and O–H groups in total. The van der Waals surface area contributed by atoms with Crippen LogP contribution in [0.15, 0.2) is 121 Å². The van der Waals surface area contributed by atoms with E-state index in [4.69, 9.17) is 0 Å². The molecule has 1 heteroatoms. The van der Waals surface area contributed by atoms with Crippen LogP contribution in [0.5, 0.6) is 0 Å². The Kier molecular flexibility index (Phi) is 12.6. The molecule has 0 bridgehead atoms. The van der Waals surface area contributed by atoms with E-state index in [0.29, 0.717) is 5.92 Å². The molecule has 0 nitrogen and oxygen atoms in total. The number of benzene rings is 4. The van der Waals surface area contributed by atoms with Gasteiger partial charge in [0.25, 0.3) is 0 Å². The summed E-state index contributed by atoms with van der Waals surface area (Å²) < 4.78 is 1.42. The van der Waals surface area contributed by atoms with Gasteiger partial charge in [0.1, 0.15) is 0 Å². The first kappa shape index (κ1) is 35.8. The van der Waals surface area contributed by atoms with Crippen LogP contribution in [0.4, 0.5) is 0 Å². The van der Waals surface area contributed by atoms with Crippen LogP contribution >= 0.6 is 0 Å². The summed E-state index contributed by atoms with van der Waals surface area (Å²) in [7, 11) is 0. The average molecular weight is 684 g/mol. The molecule has 6 rings (SSSR count). The van der Waals surface area contributed by atoms with Crippen molar-refractivity contribution in [2.24, 2.45) is 5.92 Å². The zero-order valence-electron chi connectivity index (χ0n) is 29.4. The molecular formula is C45H52Zr. The van der Waals surface area contributed by atoms with Crippen LogP contribution in [0.2, 0.25) is 0 Å². The van der Waals surface area contributed by atoms with Crippen LogP contribution in [0.1, 0.15) is 103 Å². The Morgan fingerprint density at radius 1 is 0.674 bits per heavy atom. The summed E-state index contributed by atoms with van der Waals surface area (Å²) in [5.74, 6) is 0.626. The van der Waals surface area contributed by atoms with E-state index in [2.05, 4.69) is 177 Å². The predicted molar refractivity (Wildman–Crippen MR) is 200 cm³/mol. The molecule has 5 aromatic carbocycles. The van der Waals surface area contributed by atoms with Gasteiger partial charge in [-0.25, -0.2) is 11.6 Å². The van der Waals surface area contributed by atoms with Crippen molar-refractivity contribution in [3.63, 3.8) is 0 Å². The number of allylic oxidation sites excluding steroid dienone is 4. The third-order valence-corrected chi connectivity index (χ3v) is 10.00. The molecule has 1 aliphatic rings. The second-order valence-corrected chi connectivity index (χ2v) is 15.8. The van der Waals surface area contributed by atoms with Crippen molar-refractivity contribution in [2.45, 2.75) is 91.9 Å². The molecule has 0 spiro atoms. The van der Waals surface area contributed by atoms with E-state index in [1.807, 2.05) is 0 Å². The number of fused-ring (bicyclic) bond motifs is 3. The molecule has 0 fully saturated rings. The van der Waals surface area contributed by atoms with Crippen molar-refractivity contribution in [3.05, 3.63) is 149 Å². The van der Waals surface area contributed by atoms with E-state index in [1.54, 1.807) is 0 Å². The van der Waals surface area contributed by atoms with E-state index in [9.17, 15) is 0 Å². The Morgan fingerprint density at radius 2 is 1.15 bits per heavy atom. The Bertz CT molecular complexity index is 1660. The molecule has 0 radical (unpaired) electrons. The van der Waals surface area contributed by atoms with Crippen molar-refractivity contribution in [1.82, 2.24) is 0 Å². The minimum absolute atomic E-state index is 0.203. The maximum atomic E-state index is 3.50. The molecule has 0 amide bonds. The van der Waals surface area contributed by atoms with Crippen molar-refractivity contribution >= 4 is 24.8 Å². The normalized spacial score (nSPS) is 14.4. The van der Waals surface area contributed by atoms with Gasteiger partial charge in [0.2, 0.25) is 0 Å². The Morgan fingerprint density at radius 3 is 1.57 bits per heavy atom. The molecule has 0 aromatic heterocycles. The predicted octanol–water partition coefficient (Wildman–Crippen LogP) is 12.6. The van der Waals surface area contributed by atoms with Gasteiger partial charge >= 0.3 is 99.2 Å². The molecule has 5 aromatic rings. The van der Waals surface area contributed by atoms with E-state index in [-0.39, 0.29) is 10.8 Å². The van der Waals surface area contributed by atoms with E-state index in [1.165, 1.54) is 102 Å². The van der Waals surface area contributed by atoms with Crippen LogP contribution < -0.4 is 0 Å². The fraction of sp³-hybridized carbons (Fsp3) is 0.333. The van der Waals surface area contributed by atoms with Crippen LogP contribution in [0, 0.1) is 12.0 Å². The van der Waals surface area contributed by atoms with Crippen molar-refractivity contribution in [1.29, 1.82) is 0 Å². The summed E-state index contributed by atoms with van der Waals surface area (Å²) >= 11 is 1.46. The Hall–Kier alpha value is -3.02. The topological polar surface area (TPSA) is 0 Å². The monoisotopic (exact) mass is 682 g/mol. The van der Waals surface area contributed by atoms with Crippen molar-refractivity contribution < 1.29 is 24.2 Å². The van der Waals surface area contributed by atoms with E-state index < -0.39 is 0 Å². The zero-order chi connectivity index (χ0) is 33.3. The van der Waals surface area contributed by atoms with Gasteiger partial charge in [0.15, 0.2) is 0 Å². The summed E-state index contributed by atoms with van der Waals surface area (Å²) in [6.45, 7) is 18.1. The van der Waals surface area contributed by atoms with Gasteiger partial charge in [-0.3, -0.25) is 6.08 Å². The van der Waals surface area contributed by atoms with Gasteiger partial charge in [-0.05, 0) is 10.8 Å². The van der Waals surface area contributed by atoms with Crippen LogP contribution in [-0.4, -0.2) is 3.21 Å². The summed E-state index contributed by atoms with van der Waals surface area (Å²) in [5, 5.41) is 5.48. The first-order valence-corrected chi connectivity index (χ1v) is 18.3. The molecule has 0 saturated carbocycles. The minimum atomic E-state index is 0.203. The second kappa shape index (κ2) is 16.2. The van der Waals surface area contributed by atoms with Crippen LogP contribution in [0.3, 0.4) is 0 Å². The molecule has 236 valence electrons. The molecular weight excluding hydrogens is 632 g/mol. The molecule has 1 unspecified atom stereocenters. The van der Waals surface area contributed by atoms with Crippen molar-refractivity contribution in [3.8, 4) is 0 Å². The molecule has 1 aliphatic carbocycles. The first-order chi connectivity index (χ1) is 21.9. The molecule has 0 heterocycles. The Labute approximate surface area is 294 Å². The molecule has 1 atom stereocenters. The standard InChI is InChI=1S/C21H25.C13H10.C11H17.Zr/c1-20(2,3)16-7-9-18-14(12-16)11-15-13-17(21(4,5)6)8-10-19(15)18;1-3-7-12(8-4-1)11-13-9-5-2-6-10-13;1-3-5-10-7-8-11(9-10)6-4-2;/h7-13H,1-6H3;1-10H;7-8,10H,3-6H2,1-2H3;/q-1;;-1;+2. The molecule has 0 saturated heterocycles. The molecule has 46 heavy (non-hydrogen) atoms. The number of hydrogen-bond donors (Lipinski definition) is 0. The third-order valence-electron chi connectivity index (χ3n) is 8.58. The Balaban J connectivity index is 0.000000167. The fourth-order valence-electron chi connectivity index (χ4n) is 5.80. The summed E-state index contributed by atoms with van der Waals surface area (Å²) in [5.41, 5.74) is 7.30. The van der Waals surface area contributed by atoms with Gasteiger partial charge in [0.05, 0.1) is 0 Å². The number of rotatable bonds is 6. The summed E-state index contributed by atoms with van der Waals surface area (Å²) in [4.78, 5) is 0. The van der Waals surface area contributed by atoms with Gasteiger partial charge < -0.3 is 0 Å². The average Bonchev–Trinajstić information content (AvgIpc) is 3.65. The summed E-state index contributed by atoms with van der Waals surface area (Å²) in [6, 6.07) is 37.3. The molecule has 0 aliphatic heterocycles. The SMILES string of the molecule is CC(C)(C)c1ccc2c(c1)[cH-]c1cc(C(C)(C)C)ccc12.CCCC1=[C-]C(CCC)C=C1.[Zr+2]=[C](c1ccccc1)c1ccccc1. The van der Waals surface area contributed by atoms with Crippen LogP contribution in [-0.2, 0) is 35.1 Å². The van der Waals surface area contributed by atoms with Gasteiger partial charge in [0, 0.05) is 0 Å². The van der Waals surface area contributed by atoms with Crippen molar-refractivity contribution in [2.75, 3.05) is 0 Å². The summed E-state index contributed by atoms with van der Waals surface area (Å²) in [6.07, 6.45) is 13.0.